The van der Waals surface area contributed by atoms with Crippen molar-refractivity contribution in [2.75, 3.05) is 13.2 Å². The summed E-state index contributed by atoms with van der Waals surface area (Å²) in [4.78, 5) is 11.3. The molecular formula is C12H18O3. The molecule has 1 aliphatic heterocycles. The van der Waals surface area contributed by atoms with Gasteiger partial charge < -0.3 is 9.47 Å². The van der Waals surface area contributed by atoms with E-state index in [9.17, 15) is 4.79 Å². The molecule has 0 amide bonds. The highest BCUT2D eigenvalue weighted by Gasteiger charge is 2.15. The van der Waals surface area contributed by atoms with Gasteiger partial charge in [0.05, 0.1) is 6.61 Å². The number of esters is 1. The first-order valence-electron chi connectivity index (χ1n) is 5.29. The van der Waals surface area contributed by atoms with Gasteiger partial charge in [0.25, 0.3) is 0 Å². The summed E-state index contributed by atoms with van der Waals surface area (Å²) < 4.78 is 10.3. The zero-order valence-electron chi connectivity index (χ0n) is 9.63. The third-order valence-corrected chi connectivity index (χ3v) is 1.94. The molecule has 0 N–H and O–H groups in total. The molecule has 1 rings (SSSR count). The van der Waals surface area contributed by atoms with Gasteiger partial charge in [-0.3, -0.25) is 0 Å². The molecule has 0 bridgehead atoms. The molecule has 1 aliphatic rings. The van der Waals surface area contributed by atoms with Crippen molar-refractivity contribution in [1.82, 2.24) is 0 Å². The van der Waals surface area contributed by atoms with E-state index >= 15 is 0 Å². The molecule has 15 heavy (non-hydrogen) atoms. The largest absolute Gasteiger partial charge is 0.450 e. The van der Waals surface area contributed by atoms with Gasteiger partial charge in [-0.25, -0.2) is 4.79 Å². The lowest BCUT2D eigenvalue weighted by molar-refractivity contribution is -0.147. The van der Waals surface area contributed by atoms with E-state index in [1.807, 2.05) is 20.8 Å². The first-order chi connectivity index (χ1) is 6.97. The van der Waals surface area contributed by atoms with Crippen molar-refractivity contribution in [3.8, 4) is 11.8 Å². The molecule has 0 aliphatic carbocycles. The first-order valence-corrected chi connectivity index (χ1v) is 5.29. The Morgan fingerprint density at radius 3 is 2.73 bits per heavy atom. The smallest absolute Gasteiger partial charge is 0.384 e. The van der Waals surface area contributed by atoms with Crippen molar-refractivity contribution >= 4 is 5.97 Å². The number of hydrogen-bond donors (Lipinski definition) is 0. The van der Waals surface area contributed by atoms with E-state index in [1.165, 1.54) is 0 Å². The SMILES string of the molecule is CC(C)(C)OC(=O)C#CC1CCCOC1. The maximum absolute atomic E-state index is 11.3. The Balaban J connectivity index is 2.39. The predicted molar refractivity (Wildman–Crippen MR) is 57.2 cm³/mol. The molecule has 3 nitrogen and oxygen atoms in total. The zero-order chi connectivity index (χ0) is 11.3. The number of ether oxygens (including phenoxy) is 2. The first kappa shape index (κ1) is 12.1. The van der Waals surface area contributed by atoms with E-state index in [2.05, 4.69) is 11.8 Å². The molecule has 1 saturated heterocycles. The summed E-state index contributed by atoms with van der Waals surface area (Å²) in [7, 11) is 0. The van der Waals surface area contributed by atoms with Crippen molar-refractivity contribution in [3.05, 3.63) is 0 Å². The van der Waals surface area contributed by atoms with Crippen LogP contribution in [-0.2, 0) is 14.3 Å². The number of carbonyl (C=O) groups excluding carboxylic acids is 1. The third-order valence-electron chi connectivity index (χ3n) is 1.94. The summed E-state index contributed by atoms with van der Waals surface area (Å²) in [5.41, 5.74) is -0.463. The third kappa shape index (κ3) is 5.44. The Morgan fingerprint density at radius 1 is 1.47 bits per heavy atom. The fraction of sp³-hybridized carbons (Fsp3) is 0.750. The molecule has 1 atom stereocenters. The second kappa shape index (κ2) is 5.18. The van der Waals surface area contributed by atoms with Gasteiger partial charge in [-0.1, -0.05) is 5.92 Å². The lowest BCUT2D eigenvalue weighted by Crippen LogP contribution is -2.23. The van der Waals surface area contributed by atoms with Gasteiger partial charge >= 0.3 is 5.97 Å². The second-order valence-electron chi connectivity index (χ2n) is 4.69. The standard InChI is InChI=1S/C12H18O3/c1-12(2,3)15-11(13)7-6-10-5-4-8-14-9-10/h10H,4-5,8-9H2,1-3H3. The van der Waals surface area contributed by atoms with Crippen molar-refractivity contribution in [2.24, 2.45) is 5.92 Å². The van der Waals surface area contributed by atoms with Crippen LogP contribution in [0.2, 0.25) is 0 Å². The Bertz CT molecular complexity index is 271. The van der Waals surface area contributed by atoms with E-state index in [4.69, 9.17) is 9.47 Å². The van der Waals surface area contributed by atoms with Crippen LogP contribution in [0.25, 0.3) is 0 Å². The van der Waals surface area contributed by atoms with E-state index in [0.29, 0.717) is 6.61 Å². The molecule has 0 radical (unpaired) electrons. The summed E-state index contributed by atoms with van der Waals surface area (Å²) in [6, 6.07) is 0. The molecular weight excluding hydrogens is 192 g/mol. The molecule has 1 heterocycles. The fourth-order valence-corrected chi connectivity index (χ4v) is 1.32. The van der Waals surface area contributed by atoms with Crippen LogP contribution in [0.15, 0.2) is 0 Å². The normalized spacial score (nSPS) is 21.4. The molecule has 0 aromatic heterocycles. The van der Waals surface area contributed by atoms with Crippen molar-refractivity contribution in [1.29, 1.82) is 0 Å². The molecule has 3 heteroatoms. The average Bonchev–Trinajstić information content (AvgIpc) is 2.14. The molecule has 84 valence electrons. The van der Waals surface area contributed by atoms with E-state index < -0.39 is 11.6 Å². The molecule has 0 aromatic carbocycles. The van der Waals surface area contributed by atoms with Gasteiger partial charge in [-0.05, 0) is 33.6 Å². The maximum atomic E-state index is 11.3. The van der Waals surface area contributed by atoms with Crippen LogP contribution in [-0.4, -0.2) is 24.8 Å². The minimum Gasteiger partial charge on any atom is -0.450 e. The maximum Gasteiger partial charge on any atom is 0.384 e. The van der Waals surface area contributed by atoms with Crippen LogP contribution in [0.4, 0.5) is 0 Å². The quantitative estimate of drug-likeness (QED) is 0.347. The fourth-order valence-electron chi connectivity index (χ4n) is 1.32. The molecule has 0 spiro atoms. The number of hydrogen-bond acceptors (Lipinski definition) is 3. The van der Waals surface area contributed by atoms with Crippen LogP contribution in [0.5, 0.6) is 0 Å². The van der Waals surface area contributed by atoms with Crippen LogP contribution < -0.4 is 0 Å². The Labute approximate surface area is 91.1 Å². The van der Waals surface area contributed by atoms with Crippen LogP contribution in [0, 0.1) is 17.8 Å². The summed E-state index contributed by atoms with van der Waals surface area (Å²) in [6.07, 6.45) is 2.03. The van der Waals surface area contributed by atoms with Gasteiger partial charge in [0.1, 0.15) is 5.60 Å². The second-order valence-corrected chi connectivity index (χ2v) is 4.69. The molecule has 0 saturated carbocycles. The van der Waals surface area contributed by atoms with Crippen molar-refractivity contribution in [3.63, 3.8) is 0 Å². The van der Waals surface area contributed by atoms with Gasteiger partial charge in [-0.2, -0.15) is 0 Å². The lowest BCUT2D eigenvalue weighted by Gasteiger charge is -2.18. The van der Waals surface area contributed by atoms with Crippen molar-refractivity contribution < 1.29 is 14.3 Å². The van der Waals surface area contributed by atoms with E-state index in [0.717, 1.165) is 19.4 Å². The Morgan fingerprint density at radius 2 is 2.20 bits per heavy atom. The predicted octanol–water partition coefficient (Wildman–Crippen LogP) is 1.76. The van der Waals surface area contributed by atoms with Gasteiger partial charge in [0.2, 0.25) is 0 Å². The zero-order valence-corrected chi connectivity index (χ0v) is 9.63. The number of rotatable bonds is 0. The summed E-state index contributed by atoms with van der Waals surface area (Å²) in [5, 5.41) is 0. The van der Waals surface area contributed by atoms with Crippen LogP contribution >= 0.6 is 0 Å². The lowest BCUT2D eigenvalue weighted by atomic mass is 10.0. The minimum absolute atomic E-state index is 0.186. The molecule has 1 unspecified atom stereocenters. The Kier molecular flexibility index (Phi) is 4.16. The van der Waals surface area contributed by atoms with E-state index in [-0.39, 0.29) is 5.92 Å². The topological polar surface area (TPSA) is 35.5 Å². The summed E-state index contributed by atoms with van der Waals surface area (Å²) >= 11 is 0. The van der Waals surface area contributed by atoms with Gasteiger partial charge in [0, 0.05) is 18.4 Å². The van der Waals surface area contributed by atoms with Gasteiger partial charge in [0.15, 0.2) is 0 Å². The van der Waals surface area contributed by atoms with Gasteiger partial charge in [-0.15, -0.1) is 0 Å². The summed E-state index contributed by atoms with van der Waals surface area (Å²) in [5.74, 6) is 5.15. The average molecular weight is 210 g/mol. The highest BCUT2D eigenvalue weighted by molar-refractivity contribution is 5.88. The minimum atomic E-state index is -0.463. The molecule has 1 fully saturated rings. The van der Waals surface area contributed by atoms with E-state index in [1.54, 1.807) is 0 Å². The van der Waals surface area contributed by atoms with Crippen LogP contribution in [0.3, 0.4) is 0 Å². The highest BCUT2D eigenvalue weighted by atomic mass is 16.6. The summed E-state index contributed by atoms with van der Waals surface area (Å²) in [6.45, 7) is 6.93. The Hall–Kier alpha value is -1.01. The highest BCUT2D eigenvalue weighted by Crippen LogP contribution is 2.12. The number of carbonyl (C=O) groups is 1. The monoisotopic (exact) mass is 210 g/mol. The van der Waals surface area contributed by atoms with Crippen molar-refractivity contribution in [2.45, 2.75) is 39.2 Å². The van der Waals surface area contributed by atoms with Crippen LogP contribution in [0.1, 0.15) is 33.6 Å². The molecule has 0 aromatic rings.